The number of aliphatic hydroxyl groups is 1. The molecule has 3 N–H and O–H groups in total. The summed E-state index contributed by atoms with van der Waals surface area (Å²) in [6, 6.07) is 0. The number of hydrogen-bond donors (Lipinski definition) is 3. The normalized spacial score (nSPS) is 26.7. The van der Waals surface area contributed by atoms with E-state index in [0.717, 1.165) is 12.8 Å². The first-order chi connectivity index (χ1) is 10.3. The van der Waals surface area contributed by atoms with Crippen molar-refractivity contribution in [2.24, 2.45) is 10.4 Å². The molecule has 1 spiro atoms. The minimum absolute atomic E-state index is 0. The molecule has 6 nitrogen and oxygen atoms in total. The second-order valence-corrected chi connectivity index (χ2v) is 5.96. The van der Waals surface area contributed by atoms with Crippen LogP contribution in [0.15, 0.2) is 4.99 Å². The van der Waals surface area contributed by atoms with Crippen molar-refractivity contribution >= 4 is 35.8 Å². The zero-order chi connectivity index (χ0) is 16.4. The lowest BCUT2D eigenvalue weighted by atomic mass is 9.79. The SMILES string of the molecule is CN=C(NCC(O)C(F)(F)F)N1CCCC2(CNC(=O)C2)C1.I. The number of likely N-dealkylation sites (tertiary alicyclic amines) is 1. The van der Waals surface area contributed by atoms with Crippen molar-refractivity contribution in [3.05, 3.63) is 0 Å². The molecule has 2 atom stereocenters. The highest BCUT2D eigenvalue weighted by molar-refractivity contribution is 14.0. The minimum Gasteiger partial charge on any atom is -0.382 e. The molecule has 23 heavy (non-hydrogen) atoms. The van der Waals surface area contributed by atoms with Crippen molar-refractivity contribution in [2.75, 3.05) is 33.2 Å². The average molecular weight is 450 g/mol. The van der Waals surface area contributed by atoms with Gasteiger partial charge in [-0.2, -0.15) is 13.2 Å². The molecule has 134 valence electrons. The van der Waals surface area contributed by atoms with E-state index in [4.69, 9.17) is 5.11 Å². The number of guanidine groups is 1. The number of alkyl halides is 3. The molecular formula is C13H22F3IN4O2. The first-order valence-corrected chi connectivity index (χ1v) is 7.23. The Morgan fingerprint density at radius 1 is 1.57 bits per heavy atom. The molecular weight excluding hydrogens is 428 g/mol. The van der Waals surface area contributed by atoms with E-state index in [2.05, 4.69) is 15.6 Å². The molecule has 1 amide bonds. The lowest BCUT2D eigenvalue weighted by Gasteiger charge is -2.41. The quantitative estimate of drug-likeness (QED) is 0.329. The van der Waals surface area contributed by atoms with Crippen molar-refractivity contribution < 1.29 is 23.1 Å². The van der Waals surface area contributed by atoms with E-state index in [0.29, 0.717) is 32.0 Å². The molecule has 0 saturated carbocycles. The standard InChI is InChI=1S/C13H21F3N4O2.HI/c1-17-11(18-6-9(21)13(14,15)16)20-4-2-3-12(8-20)5-10(22)19-7-12;/h9,21H,2-8H2,1H3,(H,17,18)(H,19,22);1H. The second kappa shape index (κ2) is 7.86. The van der Waals surface area contributed by atoms with Gasteiger partial charge >= 0.3 is 6.18 Å². The molecule has 2 rings (SSSR count). The summed E-state index contributed by atoms with van der Waals surface area (Å²) in [5.41, 5.74) is -0.171. The summed E-state index contributed by atoms with van der Waals surface area (Å²) in [5, 5.41) is 14.4. The van der Waals surface area contributed by atoms with E-state index in [1.54, 1.807) is 0 Å². The highest BCUT2D eigenvalue weighted by Gasteiger charge is 2.43. The Balaban J connectivity index is 0.00000264. The van der Waals surface area contributed by atoms with Gasteiger partial charge in [-0.1, -0.05) is 0 Å². The summed E-state index contributed by atoms with van der Waals surface area (Å²) in [4.78, 5) is 17.3. The number of nitrogens with zero attached hydrogens (tertiary/aromatic N) is 2. The Labute approximate surface area is 149 Å². The fourth-order valence-corrected chi connectivity index (χ4v) is 3.06. The molecule has 0 bridgehead atoms. The number of carbonyl (C=O) groups is 1. The van der Waals surface area contributed by atoms with Gasteiger partial charge < -0.3 is 20.6 Å². The molecule has 2 saturated heterocycles. The molecule has 2 unspecified atom stereocenters. The van der Waals surface area contributed by atoms with Gasteiger partial charge in [0.05, 0.1) is 6.54 Å². The van der Waals surface area contributed by atoms with Crippen LogP contribution in [0.2, 0.25) is 0 Å². The van der Waals surface area contributed by atoms with Crippen LogP contribution in [0.3, 0.4) is 0 Å². The van der Waals surface area contributed by atoms with E-state index in [9.17, 15) is 18.0 Å². The maximum absolute atomic E-state index is 12.3. The van der Waals surface area contributed by atoms with Crippen LogP contribution in [-0.2, 0) is 4.79 Å². The molecule has 0 aliphatic carbocycles. The molecule has 0 aromatic heterocycles. The molecule has 0 radical (unpaired) electrons. The number of amides is 1. The third-order valence-corrected chi connectivity index (χ3v) is 4.20. The highest BCUT2D eigenvalue weighted by atomic mass is 127. The molecule has 2 aliphatic rings. The number of hydrogen-bond acceptors (Lipinski definition) is 3. The second-order valence-electron chi connectivity index (χ2n) is 5.96. The average Bonchev–Trinajstić information content (AvgIpc) is 2.79. The van der Waals surface area contributed by atoms with Gasteiger partial charge in [-0.05, 0) is 12.8 Å². The highest BCUT2D eigenvalue weighted by Crippen LogP contribution is 2.36. The number of carbonyl (C=O) groups excluding carboxylic acids is 1. The number of piperidine rings is 1. The predicted octanol–water partition coefficient (Wildman–Crippen LogP) is 0.705. The summed E-state index contributed by atoms with van der Waals surface area (Å²) in [5.74, 6) is 0.332. The minimum atomic E-state index is -4.66. The van der Waals surface area contributed by atoms with Crippen molar-refractivity contribution in [2.45, 2.75) is 31.5 Å². The largest absolute Gasteiger partial charge is 0.416 e. The Hall–Kier alpha value is -0.780. The van der Waals surface area contributed by atoms with Gasteiger partial charge in [-0.15, -0.1) is 24.0 Å². The number of rotatable bonds is 2. The van der Waals surface area contributed by atoms with Crippen molar-refractivity contribution in [3.8, 4) is 0 Å². The summed E-state index contributed by atoms with van der Waals surface area (Å²) < 4.78 is 37.0. The van der Waals surface area contributed by atoms with Gasteiger partial charge in [-0.3, -0.25) is 9.79 Å². The molecule has 2 fully saturated rings. The number of aliphatic imine (C=N–C) groups is 1. The van der Waals surface area contributed by atoms with Crippen molar-refractivity contribution in [1.82, 2.24) is 15.5 Å². The maximum Gasteiger partial charge on any atom is 0.416 e. The lowest BCUT2D eigenvalue weighted by molar-refractivity contribution is -0.201. The molecule has 2 aliphatic heterocycles. The van der Waals surface area contributed by atoms with Gasteiger partial charge in [-0.25, -0.2) is 0 Å². The van der Waals surface area contributed by atoms with Gasteiger partial charge in [0.2, 0.25) is 5.91 Å². The monoisotopic (exact) mass is 450 g/mol. The van der Waals surface area contributed by atoms with Crippen LogP contribution < -0.4 is 10.6 Å². The molecule has 0 aromatic carbocycles. The molecule has 2 heterocycles. The third kappa shape index (κ3) is 5.10. The molecule has 0 aromatic rings. The van der Waals surface area contributed by atoms with Gasteiger partial charge in [0.1, 0.15) is 0 Å². The van der Waals surface area contributed by atoms with Crippen LogP contribution in [0, 0.1) is 5.41 Å². The van der Waals surface area contributed by atoms with E-state index in [-0.39, 0.29) is 35.3 Å². The number of nitrogens with one attached hydrogen (secondary N) is 2. The summed E-state index contributed by atoms with van der Waals surface area (Å²) in [6.45, 7) is 1.17. The smallest absolute Gasteiger partial charge is 0.382 e. The van der Waals surface area contributed by atoms with E-state index in [1.807, 2.05) is 4.90 Å². The van der Waals surface area contributed by atoms with Crippen LogP contribution in [0.1, 0.15) is 19.3 Å². The van der Waals surface area contributed by atoms with E-state index < -0.39 is 18.8 Å². The third-order valence-electron chi connectivity index (χ3n) is 4.20. The Kier molecular flexibility index (Phi) is 6.93. The maximum atomic E-state index is 12.3. The first-order valence-electron chi connectivity index (χ1n) is 7.23. The summed E-state index contributed by atoms with van der Waals surface area (Å²) >= 11 is 0. The van der Waals surface area contributed by atoms with E-state index in [1.165, 1.54) is 7.05 Å². The zero-order valence-corrected chi connectivity index (χ0v) is 15.1. The van der Waals surface area contributed by atoms with Crippen LogP contribution in [0.25, 0.3) is 0 Å². The number of halogens is 4. The zero-order valence-electron chi connectivity index (χ0n) is 12.8. The molecule has 10 heteroatoms. The Morgan fingerprint density at radius 3 is 2.78 bits per heavy atom. The first kappa shape index (κ1) is 20.3. The fraction of sp³-hybridized carbons (Fsp3) is 0.846. The van der Waals surface area contributed by atoms with Crippen LogP contribution in [0.5, 0.6) is 0 Å². The Bertz CT molecular complexity index is 461. The predicted molar refractivity (Wildman–Crippen MR) is 89.7 cm³/mol. The topological polar surface area (TPSA) is 77.0 Å². The summed E-state index contributed by atoms with van der Waals surface area (Å²) in [6.07, 6.45) is -4.90. The fourth-order valence-electron chi connectivity index (χ4n) is 3.06. The van der Waals surface area contributed by atoms with E-state index >= 15 is 0 Å². The Morgan fingerprint density at radius 2 is 2.26 bits per heavy atom. The number of aliphatic hydroxyl groups excluding tert-OH is 1. The van der Waals surface area contributed by atoms with Crippen molar-refractivity contribution in [3.63, 3.8) is 0 Å². The van der Waals surface area contributed by atoms with Crippen LogP contribution >= 0.6 is 24.0 Å². The van der Waals surface area contributed by atoms with Gasteiger partial charge in [0.15, 0.2) is 12.1 Å². The van der Waals surface area contributed by atoms with Crippen LogP contribution in [0.4, 0.5) is 13.2 Å². The summed E-state index contributed by atoms with van der Waals surface area (Å²) in [7, 11) is 1.49. The van der Waals surface area contributed by atoms with Crippen LogP contribution in [-0.4, -0.2) is 67.4 Å². The van der Waals surface area contributed by atoms with Gasteiger partial charge in [0, 0.05) is 38.5 Å². The van der Waals surface area contributed by atoms with Gasteiger partial charge in [0.25, 0.3) is 0 Å². The lowest BCUT2D eigenvalue weighted by Crippen LogP contribution is -2.53. The van der Waals surface area contributed by atoms with Crippen molar-refractivity contribution in [1.29, 1.82) is 0 Å².